The Balaban J connectivity index is 2.24. The highest BCUT2D eigenvalue weighted by Gasteiger charge is 2.23. The molecule has 0 aliphatic carbocycles. The first-order valence-corrected chi connectivity index (χ1v) is 7.27. The summed E-state index contributed by atoms with van der Waals surface area (Å²) in [5, 5.41) is 9.30. The minimum Gasteiger partial charge on any atom is -0.481 e. The van der Waals surface area contributed by atoms with E-state index in [9.17, 15) is 14.4 Å². The topological polar surface area (TPSA) is 92.5 Å². The Labute approximate surface area is 119 Å². The van der Waals surface area contributed by atoms with Crippen molar-refractivity contribution in [2.45, 2.75) is 25.0 Å². The van der Waals surface area contributed by atoms with Gasteiger partial charge < -0.3 is 10.0 Å². The van der Waals surface area contributed by atoms with Gasteiger partial charge in [0.05, 0.1) is 6.42 Å². The standard InChI is InChI=1S/C12H15N3O4S/c1-2-14(4-3-9(16)17)10(18)8-7-13-12-15(11(8)19)5-6-20-12/h7H,2-6H2,1H3,(H,16,17). The maximum atomic E-state index is 12.3. The van der Waals surface area contributed by atoms with E-state index in [1.54, 1.807) is 6.92 Å². The smallest absolute Gasteiger partial charge is 0.305 e. The lowest BCUT2D eigenvalue weighted by Crippen LogP contribution is -2.38. The molecule has 0 aromatic carbocycles. The molecule has 8 heteroatoms. The van der Waals surface area contributed by atoms with Crippen LogP contribution in [0.3, 0.4) is 0 Å². The van der Waals surface area contributed by atoms with E-state index in [0.717, 1.165) is 5.75 Å². The van der Waals surface area contributed by atoms with Gasteiger partial charge in [-0.3, -0.25) is 19.0 Å². The SMILES string of the molecule is CCN(CCC(=O)O)C(=O)c1cnc2n(c1=O)CCS2. The number of aliphatic carboxylic acids is 1. The van der Waals surface area contributed by atoms with Crippen molar-refractivity contribution in [2.75, 3.05) is 18.8 Å². The van der Waals surface area contributed by atoms with Gasteiger partial charge in [0.25, 0.3) is 11.5 Å². The molecule has 20 heavy (non-hydrogen) atoms. The van der Waals surface area contributed by atoms with Crippen LogP contribution in [0.25, 0.3) is 0 Å². The number of hydrogen-bond acceptors (Lipinski definition) is 5. The molecule has 0 spiro atoms. The molecule has 1 aromatic rings. The van der Waals surface area contributed by atoms with Crippen molar-refractivity contribution in [1.82, 2.24) is 14.5 Å². The fourth-order valence-corrected chi connectivity index (χ4v) is 2.88. The zero-order valence-electron chi connectivity index (χ0n) is 11.0. The van der Waals surface area contributed by atoms with Gasteiger partial charge in [-0.25, -0.2) is 4.98 Å². The van der Waals surface area contributed by atoms with Crippen LogP contribution in [-0.4, -0.2) is 50.3 Å². The Kier molecular flexibility index (Phi) is 4.43. The van der Waals surface area contributed by atoms with E-state index in [1.807, 2.05) is 0 Å². The molecule has 1 N–H and O–H groups in total. The average Bonchev–Trinajstić information content (AvgIpc) is 2.88. The van der Waals surface area contributed by atoms with Gasteiger partial charge in [-0.1, -0.05) is 11.8 Å². The summed E-state index contributed by atoms with van der Waals surface area (Å²) in [4.78, 5) is 40.5. The first kappa shape index (κ1) is 14.6. The number of carbonyl (C=O) groups is 2. The van der Waals surface area contributed by atoms with Crippen molar-refractivity contribution in [2.24, 2.45) is 0 Å². The molecule has 0 saturated heterocycles. The van der Waals surface area contributed by atoms with Crippen molar-refractivity contribution in [3.63, 3.8) is 0 Å². The number of hydrogen-bond donors (Lipinski definition) is 1. The number of carboxylic acids is 1. The molecule has 108 valence electrons. The summed E-state index contributed by atoms with van der Waals surface area (Å²) in [5.41, 5.74) is -0.345. The number of nitrogens with zero attached hydrogens (tertiary/aromatic N) is 3. The largest absolute Gasteiger partial charge is 0.481 e. The molecule has 2 heterocycles. The quantitative estimate of drug-likeness (QED) is 0.785. The first-order valence-electron chi connectivity index (χ1n) is 6.28. The van der Waals surface area contributed by atoms with Crippen LogP contribution in [0.4, 0.5) is 0 Å². The Bertz CT molecular complexity index is 599. The van der Waals surface area contributed by atoms with Crippen LogP contribution in [0.5, 0.6) is 0 Å². The normalized spacial score (nSPS) is 13.1. The lowest BCUT2D eigenvalue weighted by atomic mass is 10.2. The second-order valence-corrected chi connectivity index (χ2v) is 5.35. The van der Waals surface area contributed by atoms with Crippen LogP contribution >= 0.6 is 11.8 Å². The fourth-order valence-electron chi connectivity index (χ4n) is 1.97. The van der Waals surface area contributed by atoms with E-state index < -0.39 is 11.9 Å². The highest BCUT2D eigenvalue weighted by molar-refractivity contribution is 7.99. The van der Waals surface area contributed by atoms with E-state index in [1.165, 1.54) is 27.4 Å². The van der Waals surface area contributed by atoms with E-state index in [0.29, 0.717) is 18.2 Å². The predicted molar refractivity (Wildman–Crippen MR) is 73.1 cm³/mol. The van der Waals surface area contributed by atoms with Crippen molar-refractivity contribution in [3.8, 4) is 0 Å². The summed E-state index contributed by atoms with van der Waals surface area (Å²) in [6.45, 7) is 2.73. The van der Waals surface area contributed by atoms with Crippen LogP contribution in [0.2, 0.25) is 0 Å². The molecule has 7 nitrogen and oxygen atoms in total. The molecular formula is C12H15N3O4S. The summed E-state index contributed by atoms with van der Waals surface area (Å²) < 4.78 is 1.49. The van der Waals surface area contributed by atoms with Gasteiger partial charge in [0.2, 0.25) is 0 Å². The van der Waals surface area contributed by atoms with E-state index in [-0.39, 0.29) is 24.1 Å². The molecule has 0 atom stereocenters. The van der Waals surface area contributed by atoms with Crippen LogP contribution < -0.4 is 5.56 Å². The van der Waals surface area contributed by atoms with E-state index in [4.69, 9.17) is 5.11 Å². The maximum absolute atomic E-state index is 12.3. The molecular weight excluding hydrogens is 282 g/mol. The second-order valence-electron chi connectivity index (χ2n) is 4.29. The number of thioether (sulfide) groups is 1. The molecule has 0 radical (unpaired) electrons. The third kappa shape index (κ3) is 2.84. The Morgan fingerprint density at radius 1 is 1.55 bits per heavy atom. The fraction of sp³-hybridized carbons (Fsp3) is 0.500. The molecule has 0 bridgehead atoms. The van der Waals surface area contributed by atoms with Crippen LogP contribution in [-0.2, 0) is 11.3 Å². The van der Waals surface area contributed by atoms with Gasteiger partial charge in [-0.05, 0) is 6.92 Å². The number of carbonyl (C=O) groups excluding carboxylic acids is 1. The van der Waals surface area contributed by atoms with Crippen LogP contribution in [0, 0.1) is 0 Å². The summed E-state index contributed by atoms with van der Waals surface area (Å²) in [7, 11) is 0. The first-order chi connectivity index (χ1) is 9.54. The molecule has 1 aliphatic rings. The van der Waals surface area contributed by atoms with Gasteiger partial charge in [-0.15, -0.1) is 0 Å². The van der Waals surface area contributed by atoms with Gasteiger partial charge in [0.15, 0.2) is 5.16 Å². The third-order valence-electron chi connectivity index (χ3n) is 3.05. The van der Waals surface area contributed by atoms with Gasteiger partial charge >= 0.3 is 5.97 Å². The molecule has 0 saturated carbocycles. The molecule has 0 unspecified atom stereocenters. The average molecular weight is 297 g/mol. The van der Waals surface area contributed by atoms with Gasteiger partial charge in [-0.2, -0.15) is 0 Å². The van der Waals surface area contributed by atoms with E-state index in [2.05, 4.69) is 4.98 Å². The van der Waals surface area contributed by atoms with Gasteiger partial charge in [0.1, 0.15) is 5.56 Å². The lowest BCUT2D eigenvalue weighted by molar-refractivity contribution is -0.137. The van der Waals surface area contributed by atoms with E-state index >= 15 is 0 Å². The zero-order chi connectivity index (χ0) is 14.7. The number of carboxylic acid groups (broad SMARTS) is 1. The summed E-state index contributed by atoms with van der Waals surface area (Å²) in [6.07, 6.45) is 1.15. The Hall–Kier alpha value is -1.83. The lowest BCUT2D eigenvalue weighted by Gasteiger charge is -2.19. The van der Waals surface area contributed by atoms with Gasteiger partial charge in [0, 0.05) is 31.6 Å². The highest BCUT2D eigenvalue weighted by Crippen LogP contribution is 2.20. The van der Waals surface area contributed by atoms with Crippen molar-refractivity contribution < 1.29 is 14.7 Å². The maximum Gasteiger partial charge on any atom is 0.305 e. The Morgan fingerprint density at radius 3 is 2.95 bits per heavy atom. The number of aromatic nitrogens is 2. The Morgan fingerprint density at radius 2 is 2.30 bits per heavy atom. The minimum atomic E-state index is -0.976. The molecule has 1 amide bonds. The van der Waals surface area contributed by atoms with Crippen LogP contribution in [0.15, 0.2) is 16.1 Å². The van der Waals surface area contributed by atoms with Crippen molar-refractivity contribution >= 4 is 23.6 Å². The van der Waals surface area contributed by atoms with Crippen LogP contribution in [0.1, 0.15) is 23.7 Å². The number of amides is 1. The molecule has 0 fully saturated rings. The summed E-state index contributed by atoms with van der Waals surface area (Å²) >= 11 is 1.48. The van der Waals surface area contributed by atoms with Crippen molar-refractivity contribution in [1.29, 1.82) is 0 Å². The monoisotopic (exact) mass is 297 g/mol. The summed E-state index contributed by atoms with van der Waals surface area (Å²) in [5.74, 6) is -0.661. The van der Waals surface area contributed by atoms with Crippen molar-refractivity contribution in [3.05, 3.63) is 22.1 Å². The number of rotatable bonds is 5. The predicted octanol–water partition coefficient (Wildman–Crippen LogP) is 0.286. The second kappa shape index (κ2) is 6.08. The molecule has 2 rings (SSSR count). The summed E-state index contributed by atoms with van der Waals surface area (Å²) in [6, 6.07) is 0. The number of fused-ring (bicyclic) bond motifs is 1. The highest BCUT2D eigenvalue weighted by atomic mass is 32.2. The minimum absolute atomic E-state index is 0.00323. The third-order valence-corrected chi connectivity index (χ3v) is 4.02. The molecule has 1 aliphatic heterocycles. The molecule has 1 aromatic heterocycles. The zero-order valence-corrected chi connectivity index (χ0v) is 11.9.